The Bertz CT molecular complexity index is 1280. The largest absolute Gasteiger partial charge is 0.481 e. The number of imidazole rings is 1. The molecule has 36 heavy (non-hydrogen) atoms. The Morgan fingerprint density at radius 3 is 2.17 bits per heavy atom. The van der Waals surface area contributed by atoms with E-state index in [4.69, 9.17) is 10.2 Å². The number of nitrogens with one attached hydrogen (secondary N) is 1. The molecule has 0 saturated carbocycles. The van der Waals surface area contributed by atoms with Crippen molar-refractivity contribution in [3.05, 3.63) is 63.8 Å². The van der Waals surface area contributed by atoms with Gasteiger partial charge in [0.05, 0.1) is 29.6 Å². The van der Waals surface area contributed by atoms with E-state index in [0.29, 0.717) is 39.3 Å². The van der Waals surface area contributed by atoms with Gasteiger partial charge in [-0.2, -0.15) is 0 Å². The molecule has 0 bridgehead atoms. The van der Waals surface area contributed by atoms with Crippen molar-refractivity contribution >= 4 is 28.7 Å². The molecule has 4 rings (SSSR count). The monoisotopic (exact) mass is 508 g/mol. The molecule has 194 valence electrons. The summed E-state index contributed by atoms with van der Waals surface area (Å²) in [6, 6.07) is 8.47. The molecule has 0 aliphatic carbocycles. The molecular weight excluding hydrogens is 481 g/mol. The number of rotatable bonds is 7. The zero-order valence-corrected chi connectivity index (χ0v) is 19.6. The lowest BCUT2D eigenvalue weighted by molar-refractivity contribution is -0.143. The number of carbonyl (C=O) groups is 2. The van der Waals surface area contributed by atoms with Gasteiger partial charge in [0.25, 0.3) is 0 Å². The Balaban J connectivity index is 0.000000392. The minimum absolute atomic E-state index is 0.101. The highest BCUT2D eigenvalue weighted by Crippen LogP contribution is 2.27. The fourth-order valence-electron chi connectivity index (χ4n) is 3.94. The molecule has 2 heterocycles. The number of halogens is 3. The second kappa shape index (κ2) is 11.8. The van der Waals surface area contributed by atoms with E-state index in [1.54, 1.807) is 9.47 Å². The molecular formula is C24H27F3N4O5. The number of hydrogen-bond donors (Lipinski definition) is 3. The molecule has 1 aliphatic rings. The van der Waals surface area contributed by atoms with Crippen LogP contribution in [0.15, 0.2) is 35.1 Å². The molecule has 1 saturated heterocycles. The lowest BCUT2D eigenvalue weighted by Gasteiger charge is -2.36. The summed E-state index contributed by atoms with van der Waals surface area (Å²) in [6.45, 7) is 4.76. The molecule has 3 aromatic rings. The number of aliphatic carboxylic acids is 2. The number of carboxylic acid groups (broad SMARTS) is 2. The maximum absolute atomic E-state index is 14.3. The van der Waals surface area contributed by atoms with Crippen molar-refractivity contribution in [2.75, 3.05) is 37.6 Å². The highest BCUT2D eigenvalue weighted by Gasteiger charge is 2.23. The Hall–Kier alpha value is -3.80. The van der Waals surface area contributed by atoms with Crippen molar-refractivity contribution in [3.8, 4) is 0 Å². The molecule has 2 aromatic carbocycles. The van der Waals surface area contributed by atoms with Gasteiger partial charge in [-0.05, 0) is 19.1 Å². The fraction of sp³-hybridized carbons (Fsp3) is 0.375. The Morgan fingerprint density at radius 1 is 0.944 bits per heavy atom. The van der Waals surface area contributed by atoms with Gasteiger partial charge < -0.3 is 20.1 Å². The summed E-state index contributed by atoms with van der Waals surface area (Å²) in [5, 5.41) is 15.8. The summed E-state index contributed by atoms with van der Waals surface area (Å²) >= 11 is 0. The molecule has 1 aromatic heterocycles. The van der Waals surface area contributed by atoms with Crippen LogP contribution in [0.4, 0.5) is 18.9 Å². The molecule has 3 N–H and O–H groups in total. The van der Waals surface area contributed by atoms with Gasteiger partial charge in [0, 0.05) is 50.9 Å². The van der Waals surface area contributed by atoms with E-state index in [-0.39, 0.29) is 29.8 Å². The van der Waals surface area contributed by atoms with Crippen LogP contribution in [0.5, 0.6) is 0 Å². The third kappa shape index (κ3) is 6.45. The number of nitrogens with zero attached hydrogens (tertiary/aromatic N) is 3. The van der Waals surface area contributed by atoms with Crippen LogP contribution in [0.3, 0.4) is 0 Å². The molecule has 1 fully saturated rings. The number of aromatic amines is 1. The number of piperazine rings is 1. The van der Waals surface area contributed by atoms with Crippen molar-refractivity contribution in [1.82, 2.24) is 14.5 Å². The van der Waals surface area contributed by atoms with E-state index in [0.717, 1.165) is 17.1 Å². The lowest BCUT2D eigenvalue weighted by atomic mass is 10.1. The molecule has 0 unspecified atom stereocenters. The molecule has 1 aliphatic heterocycles. The second-order valence-corrected chi connectivity index (χ2v) is 8.35. The molecule has 12 heteroatoms. The zero-order valence-electron chi connectivity index (χ0n) is 19.6. The van der Waals surface area contributed by atoms with E-state index in [1.807, 2.05) is 24.3 Å². The number of benzene rings is 2. The van der Waals surface area contributed by atoms with Gasteiger partial charge in [0.2, 0.25) is 0 Å². The summed E-state index contributed by atoms with van der Waals surface area (Å²) < 4.78 is 43.2. The van der Waals surface area contributed by atoms with Crippen LogP contribution in [0.25, 0.3) is 11.0 Å². The SMILES string of the molecule is Cc1c(F)c(F)cc(N2CCN(CCn3c(=O)[nH]c4ccccc43)CC2)c1F.O=C(O)CCC(=O)O. The number of anilines is 1. The first kappa shape index (κ1) is 26.8. The molecule has 0 spiro atoms. The van der Waals surface area contributed by atoms with Crippen LogP contribution in [0.1, 0.15) is 18.4 Å². The van der Waals surface area contributed by atoms with Crippen molar-refractivity contribution in [2.24, 2.45) is 0 Å². The Kier molecular flexibility index (Phi) is 8.75. The van der Waals surface area contributed by atoms with Crippen molar-refractivity contribution in [2.45, 2.75) is 26.3 Å². The fourth-order valence-corrected chi connectivity index (χ4v) is 3.94. The van der Waals surface area contributed by atoms with Crippen LogP contribution < -0.4 is 10.6 Å². The summed E-state index contributed by atoms with van der Waals surface area (Å²) in [6.07, 6.45) is -0.593. The first-order valence-corrected chi connectivity index (χ1v) is 11.3. The smallest absolute Gasteiger partial charge is 0.326 e. The second-order valence-electron chi connectivity index (χ2n) is 8.35. The summed E-state index contributed by atoms with van der Waals surface area (Å²) in [5.74, 6) is -5.03. The minimum Gasteiger partial charge on any atom is -0.481 e. The predicted molar refractivity (Wildman–Crippen MR) is 127 cm³/mol. The first-order chi connectivity index (χ1) is 17.1. The number of fused-ring (bicyclic) bond motifs is 1. The lowest BCUT2D eigenvalue weighted by Crippen LogP contribution is -2.47. The van der Waals surface area contributed by atoms with Gasteiger partial charge in [0.15, 0.2) is 17.5 Å². The number of H-pyrrole nitrogens is 1. The molecule has 0 radical (unpaired) electrons. The van der Waals surface area contributed by atoms with Gasteiger partial charge in [0.1, 0.15) is 0 Å². The maximum atomic E-state index is 14.3. The van der Waals surface area contributed by atoms with Gasteiger partial charge >= 0.3 is 17.6 Å². The van der Waals surface area contributed by atoms with Crippen LogP contribution in [0.2, 0.25) is 0 Å². The van der Waals surface area contributed by atoms with Crippen LogP contribution in [-0.4, -0.2) is 69.3 Å². The minimum atomic E-state index is -1.14. The third-order valence-electron chi connectivity index (χ3n) is 5.94. The van der Waals surface area contributed by atoms with Gasteiger partial charge in [-0.1, -0.05) is 12.1 Å². The Morgan fingerprint density at radius 2 is 1.56 bits per heavy atom. The molecule has 9 nitrogen and oxygen atoms in total. The number of carboxylic acids is 2. The highest BCUT2D eigenvalue weighted by atomic mass is 19.2. The first-order valence-electron chi connectivity index (χ1n) is 11.3. The third-order valence-corrected chi connectivity index (χ3v) is 5.94. The summed E-state index contributed by atoms with van der Waals surface area (Å²) in [7, 11) is 0. The highest BCUT2D eigenvalue weighted by molar-refractivity contribution is 5.75. The van der Waals surface area contributed by atoms with E-state index >= 15 is 0 Å². The maximum Gasteiger partial charge on any atom is 0.326 e. The van der Waals surface area contributed by atoms with Gasteiger partial charge in [-0.3, -0.25) is 19.1 Å². The number of hydrogen-bond acceptors (Lipinski definition) is 5. The topological polar surface area (TPSA) is 119 Å². The van der Waals surface area contributed by atoms with E-state index in [2.05, 4.69) is 9.88 Å². The van der Waals surface area contributed by atoms with E-state index in [9.17, 15) is 27.6 Å². The standard InChI is InChI=1S/C20H21F3N4O.C4H6O4/c1-13-18(22)14(21)12-17(19(13)23)26-9-6-25(7-10-26)8-11-27-16-5-3-2-4-15(16)24-20(27)28;5-3(6)1-2-4(7)8/h2-5,12H,6-11H2,1H3,(H,24,28);1-2H2,(H,5,6)(H,7,8). The molecule has 0 atom stereocenters. The zero-order chi connectivity index (χ0) is 26.4. The van der Waals surface area contributed by atoms with Crippen molar-refractivity contribution in [1.29, 1.82) is 0 Å². The van der Waals surface area contributed by atoms with Crippen LogP contribution in [-0.2, 0) is 16.1 Å². The van der Waals surface area contributed by atoms with Crippen molar-refractivity contribution in [3.63, 3.8) is 0 Å². The van der Waals surface area contributed by atoms with Crippen LogP contribution in [0, 0.1) is 24.4 Å². The van der Waals surface area contributed by atoms with Crippen LogP contribution >= 0.6 is 0 Å². The Labute approximate surface area is 204 Å². The average molecular weight is 508 g/mol. The van der Waals surface area contributed by atoms with Crippen molar-refractivity contribution < 1.29 is 33.0 Å². The number of para-hydroxylation sites is 2. The van der Waals surface area contributed by atoms with E-state index in [1.165, 1.54) is 6.92 Å². The summed E-state index contributed by atoms with van der Waals surface area (Å²) in [4.78, 5) is 38.2. The van der Waals surface area contributed by atoms with Gasteiger partial charge in [-0.15, -0.1) is 0 Å². The van der Waals surface area contributed by atoms with Gasteiger partial charge in [-0.25, -0.2) is 18.0 Å². The quantitative estimate of drug-likeness (QED) is 0.420. The normalized spacial score (nSPS) is 13.9. The summed E-state index contributed by atoms with van der Waals surface area (Å²) in [5.41, 5.74) is 1.34. The molecule has 0 amide bonds. The van der Waals surface area contributed by atoms with E-state index < -0.39 is 29.4 Å². The average Bonchev–Trinajstić information content (AvgIpc) is 3.18. The predicted octanol–water partition coefficient (Wildman–Crippen LogP) is 2.81. The number of aromatic nitrogens is 2.